The zero-order valence-corrected chi connectivity index (χ0v) is 24.8. The molecule has 3 N–H and O–H groups in total. The van der Waals surface area contributed by atoms with Gasteiger partial charge < -0.3 is 25.6 Å². The van der Waals surface area contributed by atoms with Gasteiger partial charge in [0, 0.05) is 43.5 Å². The number of piperazine rings is 1. The number of fused-ring (bicyclic) bond motifs is 1. The molecule has 242 valence electrons. The third kappa shape index (κ3) is 7.18. The van der Waals surface area contributed by atoms with E-state index in [-0.39, 0.29) is 49.7 Å². The summed E-state index contributed by atoms with van der Waals surface area (Å²) >= 11 is 0. The van der Waals surface area contributed by atoms with Gasteiger partial charge in [-0.2, -0.15) is 13.2 Å². The summed E-state index contributed by atoms with van der Waals surface area (Å²) in [6.07, 6.45) is -3.58. The molecule has 46 heavy (non-hydrogen) atoms. The van der Waals surface area contributed by atoms with Crippen LogP contribution in [0.15, 0.2) is 79.0 Å². The maximum atomic E-state index is 14.1. The quantitative estimate of drug-likeness (QED) is 0.308. The van der Waals surface area contributed by atoms with Gasteiger partial charge in [0.05, 0.1) is 19.8 Å². The van der Waals surface area contributed by atoms with Crippen molar-refractivity contribution < 1.29 is 37.1 Å². The second-order valence-corrected chi connectivity index (χ2v) is 11.2. The number of rotatable bonds is 11. The smallest absolute Gasteiger partial charge is 0.374 e. The summed E-state index contributed by atoms with van der Waals surface area (Å²) in [6, 6.07) is 18.3. The second-order valence-electron chi connectivity index (χ2n) is 11.2. The fraction of sp³-hybridized carbons (Fsp3) is 0.344. The van der Waals surface area contributed by atoms with Crippen molar-refractivity contribution in [1.82, 2.24) is 25.0 Å². The molecular formula is C32H33F3N6O5. The standard InChI is InChI=1S/C32H33F3N6O5/c33-32(34,35)21-40-29(44)31(16-25-11-4-5-12-37-25)20-39(13-14-41(31)30(40)45)28(43)26(19-46-18-22-7-2-1-3-8-22)38-27(42)24-10-6-9-23(15-24)17-36/h1-12,15,26H,13-14,16-21,36H2,(H,38,42)/t26-,31?/m1/s1. The maximum absolute atomic E-state index is 14.1. The van der Waals surface area contributed by atoms with Crippen molar-refractivity contribution in [3.63, 3.8) is 0 Å². The average molecular weight is 639 g/mol. The molecule has 2 fully saturated rings. The fourth-order valence-corrected chi connectivity index (χ4v) is 5.74. The SMILES string of the molecule is NCc1cccc(C(=O)N[C@H](COCc2ccccc2)C(=O)N2CCN3C(=O)N(CC(F)(F)F)C(=O)C3(Cc3ccccn3)C2)c1. The number of pyridine rings is 1. The molecule has 3 heterocycles. The van der Waals surface area contributed by atoms with E-state index in [1.54, 1.807) is 42.5 Å². The number of ether oxygens (including phenoxy) is 1. The lowest BCUT2D eigenvalue weighted by Gasteiger charge is -2.45. The molecule has 2 atom stereocenters. The molecule has 0 saturated carbocycles. The van der Waals surface area contributed by atoms with E-state index in [1.807, 2.05) is 30.3 Å². The van der Waals surface area contributed by atoms with Crippen molar-refractivity contribution in [3.8, 4) is 0 Å². The highest BCUT2D eigenvalue weighted by molar-refractivity contribution is 6.08. The van der Waals surface area contributed by atoms with Gasteiger partial charge in [0.2, 0.25) is 5.91 Å². The van der Waals surface area contributed by atoms with Crippen LogP contribution >= 0.6 is 0 Å². The zero-order valence-electron chi connectivity index (χ0n) is 24.8. The van der Waals surface area contributed by atoms with Crippen molar-refractivity contribution >= 4 is 23.8 Å². The molecule has 5 rings (SSSR count). The Morgan fingerprint density at radius 3 is 2.43 bits per heavy atom. The minimum Gasteiger partial charge on any atom is -0.374 e. The lowest BCUT2D eigenvalue weighted by Crippen LogP contribution is -2.67. The maximum Gasteiger partial charge on any atom is 0.406 e. The number of carbonyl (C=O) groups is 4. The van der Waals surface area contributed by atoms with Gasteiger partial charge >= 0.3 is 12.2 Å². The van der Waals surface area contributed by atoms with Crippen molar-refractivity contribution in [1.29, 1.82) is 0 Å². The second kappa shape index (κ2) is 13.7. The van der Waals surface area contributed by atoms with E-state index in [1.165, 1.54) is 11.1 Å². The molecule has 1 aromatic heterocycles. The number of imide groups is 1. The highest BCUT2D eigenvalue weighted by Gasteiger charge is 2.61. The lowest BCUT2D eigenvalue weighted by atomic mass is 9.88. The van der Waals surface area contributed by atoms with Gasteiger partial charge in [0.25, 0.3) is 11.8 Å². The number of hydrogen-bond acceptors (Lipinski definition) is 7. The number of hydrogen-bond donors (Lipinski definition) is 2. The van der Waals surface area contributed by atoms with Crippen LogP contribution < -0.4 is 11.1 Å². The summed E-state index contributed by atoms with van der Waals surface area (Å²) in [6.45, 7) is -2.36. The number of nitrogens with zero attached hydrogens (tertiary/aromatic N) is 4. The summed E-state index contributed by atoms with van der Waals surface area (Å²) in [5, 5.41) is 2.72. The van der Waals surface area contributed by atoms with Gasteiger partial charge in [-0.1, -0.05) is 48.5 Å². The highest BCUT2D eigenvalue weighted by atomic mass is 19.4. The molecular weight excluding hydrogens is 605 g/mol. The lowest BCUT2D eigenvalue weighted by molar-refractivity contribution is -0.157. The molecule has 0 aliphatic carbocycles. The Balaban J connectivity index is 1.42. The van der Waals surface area contributed by atoms with Crippen LogP contribution in [0.3, 0.4) is 0 Å². The van der Waals surface area contributed by atoms with Crippen LogP contribution in [-0.4, -0.2) is 94.0 Å². The summed E-state index contributed by atoms with van der Waals surface area (Å²) in [5.41, 5.74) is 6.04. The summed E-state index contributed by atoms with van der Waals surface area (Å²) in [5.74, 6) is -2.26. The van der Waals surface area contributed by atoms with E-state index in [9.17, 15) is 32.3 Å². The summed E-state index contributed by atoms with van der Waals surface area (Å²) in [4.78, 5) is 61.1. The van der Waals surface area contributed by atoms with E-state index < -0.39 is 54.6 Å². The summed E-state index contributed by atoms with van der Waals surface area (Å²) < 4.78 is 46.2. The predicted molar refractivity (Wildman–Crippen MR) is 159 cm³/mol. The van der Waals surface area contributed by atoms with Crippen molar-refractivity contribution in [3.05, 3.63) is 101 Å². The van der Waals surface area contributed by atoms with Gasteiger partial charge in [0.1, 0.15) is 18.1 Å². The van der Waals surface area contributed by atoms with Gasteiger partial charge in [-0.15, -0.1) is 0 Å². The third-order valence-corrected chi connectivity index (χ3v) is 7.94. The number of carbonyl (C=O) groups excluding carboxylic acids is 4. The van der Waals surface area contributed by atoms with E-state index >= 15 is 0 Å². The van der Waals surface area contributed by atoms with Crippen LogP contribution in [-0.2, 0) is 33.9 Å². The van der Waals surface area contributed by atoms with Crippen molar-refractivity contribution in [2.24, 2.45) is 5.73 Å². The first-order chi connectivity index (χ1) is 22.0. The van der Waals surface area contributed by atoms with Crippen molar-refractivity contribution in [2.75, 3.05) is 32.8 Å². The van der Waals surface area contributed by atoms with E-state index in [0.717, 1.165) is 10.5 Å². The molecule has 2 aromatic carbocycles. The van der Waals surface area contributed by atoms with E-state index in [4.69, 9.17) is 10.5 Å². The Hall–Kier alpha value is -4.82. The first-order valence-electron chi connectivity index (χ1n) is 14.6. The Morgan fingerprint density at radius 1 is 1.00 bits per heavy atom. The number of alkyl halides is 3. The topological polar surface area (TPSA) is 138 Å². The first kappa shape index (κ1) is 32.6. The van der Waals surface area contributed by atoms with Crippen molar-refractivity contribution in [2.45, 2.75) is 37.3 Å². The minimum atomic E-state index is -4.83. The van der Waals surface area contributed by atoms with Crippen LogP contribution in [0, 0.1) is 0 Å². The molecule has 14 heteroatoms. The number of aromatic nitrogens is 1. The number of urea groups is 1. The van der Waals surface area contributed by atoms with Gasteiger partial charge in [0.15, 0.2) is 0 Å². The van der Waals surface area contributed by atoms with E-state index in [0.29, 0.717) is 11.3 Å². The van der Waals surface area contributed by atoms with Crippen LogP contribution in [0.4, 0.5) is 18.0 Å². The Bertz CT molecular complexity index is 1580. The molecule has 2 saturated heterocycles. The number of benzene rings is 2. The molecule has 2 aliphatic heterocycles. The van der Waals surface area contributed by atoms with Crippen LogP contribution in [0.1, 0.15) is 27.2 Å². The van der Waals surface area contributed by atoms with Crippen LogP contribution in [0.2, 0.25) is 0 Å². The molecule has 0 spiro atoms. The Kier molecular flexibility index (Phi) is 9.68. The first-order valence-corrected chi connectivity index (χ1v) is 14.6. The molecule has 1 unspecified atom stereocenters. The number of amides is 5. The van der Waals surface area contributed by atoms with E-state index in [2.05, 4.69) is 10.3 Å². The minimum absolute atomic E-state index is 0.0879. The Labute approximate surface area is 263 Å². The van der Waals surface area contributed by atoms with Crippen LogP contribution in [0.25, 0.3) is 0 Å². The number of nitrogens with two attached hydrogens (primary N) is 1. The summed E-state index contributed by atoms with van der Waals surface area (Å²) in [7, 11) is 0. The molecule has 0 radical (unpaired) electrons. The average Bonchev–Trinajstić information content (AvgIpc) is 3.24. The molecule has 5 amide bonds. The van der Waals surface area contributed by atoms with Gasteiger partial charge in [-0.05, 0) is 35.4 Å². The fourth-order valence-electron chi connectivity index (χ4n) is 5.74. The molecule has 3 aromatic rings. The van der Waals surface area contributed by atoms with Crippen LogP contribution in [0.5, 0.6) is 0 Å². The normalized spacial score (nSPS) is 18.8. The molecule has 0 bridgehead atoms. The number of halogens is 3. The van der Waals surface area contributed by atoms with Gasteiger partial charge in [-0.3, -0.25) is 24.3 Å². The highest BCUT2D eigenvalue weighted by Crippen LogP contribution is 2.36. The molecule has 11 nitrogen and oxygen atoms in total. The Morgan fingerprint density at radius 2 is 1.74 bits per heavy atom. The predicted octanol–water partition coefficient (Wildman–Crippen LogP) is 2.51. The molecule has 2 aliphatic rings. The van der Waals surface area contributed by atoms with Gasteiger partial charge in [-0.25, -0.2) is 4.79 Å². The largest absolute Gasteiger partial charge is 0.406 e. The third-order valence-electron chi connectivity index (χ3n) is 7.94. The number of nitrogens with one attached hydrogen (secondary N) is 1. The monoisotopic (exact) mass is 638 g/mol. The zero-order chi connectivity index (χ0) is 32.9.